The lowest BCUT2D eigenvalue weighted by atomic mass is 9.99. The molecule has 1 saturated heterocycles. The normalized spacial score (nSPS) is 23.0. The number of nitrogens with zero attached hydrogens (tertiary/aromatic N) is 3. The fraction of sp³-hybridized carbons (Fsp3) is 0.556. The van der Waals surface area contributed by atoms with E-state index < -0.39 is 0 Å². The van der Waals surface area contributed by atoms with Gasteiger partial charge in [-0.1, -0.05) is 0 Å². The molecule has 0 spiro atoms. The summed E-state index contributed by atoms with van der Waals surface area (Å²) in [7, 11) is 0. The van der Waals surface area contributed by atoms with Crippen LogP contribution in [-0.2, 0) is 0 Å². The SMILES string of the molecule is c1cn2c(C3CCCNC3)nnc2s1. The molecule has 1 unspecified atom stereocenters. The van der Waals surface area contributed by atoms with Gasteiger partial charge in [-0.2, -0.15) is 0 Å². The smallest absolute Gasteiger partial charge is 0.216 e. The van der Waals surface area contributed by atoms with E-state index in [0.29, 0.717) is 5.92 Å². The average Bonchev–Trinajstić information content (AvgIpc) is 2.79. The van der Waals surface area contributed by atoms with Crippen molar-refractivity contribution >= 4 is 16.3 Å². The second-order valence-corrected chi connectivity index (χ2v) is 4.53. The standard InChI is InChI=1S/C9H12N4S/c1-2-7(6-10-3-1)8-11-12-9-13(8)4-5-14-9/h4-5,7,10H,1-3,6H2. The Morgan fingerprint density at radius 3 is 3.36 bits per heavy atom. The molecule has 14 heavy (non-hydrogen) atoms. The summed E-state index contributed by atoms with van der Waals surface area (Å²) in [5.74, 6) is 1.65. The minimum atomic E-state index is 0.536. The Labute approximate surface area is 86.0 Å². The summed E-state index contributed by atoms with van der Waals surface area (Å²) >= 11 is 1.64. The number of piperidine rings is 1. The van der Waals surface area contributed by atoms with Crippen LogP contribution in [0.2, 0.25) is 0 Å². The molecule has 1 N–H and O–H groups in total. The lowest BCUT2D eigenvalue weighted by Gasteiger charge is -2.20. The Kier molecular flexibility index (Phi) is 1.99. The number of fused-ring (bicyclic) bond motifs is 1. The molecule has 0 saturated carbocycles. The van der Waals surface area contributed by atoms with Gasteiger partial charge in [0, 0.05) is 24.0 Å². The molecule has 2 aromatic heterocycles. The summed E-state index contributed by atoms with van der Waals surface area (Å²) in [5.41, 5.74) is 0. The number of hydrogen-bond donors (Lipinski definition) is 1. The van der Waals surface area contributed by atoms with Gasteiger partial charge < -0.3 is 5.32 Å². The van der Waals surface area contributed by atoms with Crippen molar-refractivity contribution < 1.29 is 0 Å². The summed E-state index contributed by atoms with van der Waals surface area (Å²) in [6, 6.07) is 0. The largest absolute Gasteiger partial charge is 0.316 e. The first-order valence-corrected chi connectivity index (χ1v) is 5.82. The van der Waals surface area contributed by atoms with Crippen LogP contribution >= 0.6 is 11.3 Å². The first-order valence-electron chi connectivity index (χ1n) is 4.94. The summed E-state index contributed by atoms with van der Waals surface area (Å²) in [6.07, 6.45) is 4.53. The second kappa shape index (κ2) is 3.33. The van der Waals surface area contributed by atoms with Crippen LogP contribution in [0.1, 0.15) is 24.6 Å². The molecule has 1 atom stereocenters. The highest BCUT2D eigenvalue weighted by Gasteiger charge is 2.20. The van der Waals surface area contributed by atoms with Crippen molar-refractivity contribution in [2.24, 2.45) is 0 Å². The highest BCUT2D eigenvalue weighted by Crippen LogP contribution is 2.23. The van der Waals surface area contributed by atoms with Crippen LogP contribution in [0.3, 0.4) is 0 Å². The highest BCUT2D eigenvalue weighted by molar-refractivity contribution is 7.15. The quantitative estimate of drug-likeness (QED) is 0.767. The van der Waals surface area contributed by atoms with Gasteiger partial charge in [-0.05, 0) is 19.4 Å². The van der Waals surface area contributed by atoms with Gasteiger partial charge in [0.15, 0.2) is 0 Å². The van der Waals surface area contributed by atoms with E-state index in [-0.39, 0.29) is 0 Å². The number of thiazole rings is 1. The molecule has 2 aromatic rings. The van der Waals surface area contributed by atoms with Gasteiger partial charge in [0.05, 0.1) is 0 Å². The topological polar surface area (TPSA) is 42.2 Å². The molecule has 3 heterocycles. The van der Waals surface area contributed by atoms with E-state index in [2.05, 4.69) is 31.5 Å². The molecule has 3 rings (SSSR count). The lowest BCUT2D eigenvalue weighted by Crippen LogP contribution is -2.29. The van der Waals surface area contributed by atoms with E-state index in [1.165, 1.54) is 12.8 Å². The molecule has 0 bridgehead atoms. The van der Waals surface area contributed by atoms with Gasteiger partial charge in [-0.25, -0.2) is 0 Å². The van der Waals surface area contributed by atoms with Crippen molar-refractivity contribution in [2.45, 2.75) is 18.8 Å². The van der Waals surface area contributed by atoms with Crippen molar-refractivity contribution in [3.05, 3.63) is 17.4 Å². The molecule has 0 radical (unpaired) electrons. The van der Waals surface area contributed by atoms with Gasteiger partial charge >= 0.3 is 0 Å². The minimum Gasteiger partial charge on any atom is -0.316 e. The third kappa shape index (κ3) is 1.24. The molecule has 1 fully saturated rings. The zero-order valence-corrected chi connectivity index (χ0v) is 8.63. The van der Waals surface area contributed by atoms with E-state index in [0.717, 1.165) is 23.9 Å². The van der Waals surface area contributed by atoms with Gasteiger partial charge in [0.25, 0.3) is 0 Å². The third-order valence-corrected chi connectivity index (χ3v) is 3.48. The Morgan fingerprint density at radius 1 is 1.50 bits per heavy atom. The highest BCUT2D eigenvalue weighted by atomic mass is 32.1. The lowest BCUT2D eigenvalue weighted by molar-refractivity contribution is 0.444. The fourth-order valence-corrected chi connectivity index (χ4v) is 2.67. The summed E-state index contributed by atoms with van der Waals surface area (Å²) in [4.78, 5) is 1.01. The van der Waals surface area contributed by atoms with Gasteiger partial charge in [0.1, 0.15) is 5.82 Å². The molecule has 1 aliphatic heterocycles. The van der Waals surface area contributed by atoms with E-state index in [4.69, 9.17) is 0 Å². The van der Waals surface area contributed by atoms with Crippen molar-refractivity contribution in [1.82, 2.24) is 19.9 Å². The van der Waals surface area contributed by atoms with Gasteiger partial charge in [-0.15, -0.1) is 21.5 Å². The monoisotopic (exact) mass is 208 g/mol. The van der Waals surface area contributed by atoms with E-state index in [1.54, 1.807) is 11.3 Å². The van der Waals surface area contributed by atoms with Crippen LogP contribution in [0, 0.1) is 0 Å². The van der Waals surface area contributed by atoms with Crippen LogP contribution in [0.15, 0.2) is 11.6 Å². The van der Waals surface area contributed by atoms with Gasteiger partial charge in [0.2, 0.25) is 4.96 Å². The fourth-order valence-electron chi connectivity index (χ4n) is 2.01. The predicted molar refractivity (Wildman–Crippen MR) is 55.7 cm³/mol. The zero-order chi connectivity index (χ0) is 9.38. The maximum atomic E-state index is 4.26. The van der Waals surface area contributed by atoms with Crippen molar-refractivity contribution in [3.63, 3.8) is 0 Å². The number of hydrogen-bond acceptors (Lipinski definition) is 4. The van der Waals surface area contributed by atoms with Gasteiger partial charge in [-0.3, -0.25) is 4.40 Å². The van der Waals surface area contributed by atoms with Crippen LogP contribution in [0.25, 0.3) is 4.96 Å². The second-order valence-electron chi connectivity index (χ2n) is 3.66. The molecular formula is C9H12N4S. The van der Waals surface area contributed by atoms with Crippen LogP contribution in [-0.4, -0.2) is 27.7 Å². The summed E-state index contributed by atoms with van der Waals surface area (Å²) in [5, 5.41) is 13.9. The maximum Gasteiger partial charge on any atom is 0.216 e. The Hall–Kier alpha value is -0.940. The number of rotatable bonds is 1. The van der Waals surface area contributed by atoms with Crippen molar-refractivity contribution in [2.75, 3.05) is 13.1 Å². The molecule has 0 aromatic carbocycles. The van der Waals surface area contributed by atoms with Crippen molar-refractivity contribution in [3.8, 4) is 0 Å². The molecule has 0 aliphatic carbocycles. The first-order chi connectivity index (χ1) is 6.95. The molecule has 74 valence electrons. The molecule has 5 heteroatoms. The molecular weight excluding hydrogens is 196 g/mol. The van der Waals surface area contributed by atoms with E-state index >= 15 is 0 Å². The summed E-state index contributed by atoms with van der Waals surface area (Å²) < 4.78 is 2.11. The Morgan fingerprint density at radius 2 is 2.50 bits per heavy atom. The Bertz CT molecular complexity index is 427. The predicted octanol–water partition coefficient (Wildman–Crippen LogP) is 1.26. The average molecular weight is 208 g/mol. The first kappa shape index (κ1) is 8.38. The maximum absolute atomic E-state index is 4.26. The zero-order valence-electron chi connectivity index (χ0n) is 7.81. The van der Waals surface area contributed by atoms with Crippen LogP contribution < -0.4 is 5.32 Å². The van der Waals surface area contributed by atoms with E-state index in [1.807, 2.05) is 0 Å². The number of aromatic nitrogens is 3. The number of nitrogens with one attached hydrogen (secondary N) is 1. The van der Waals surface area contributed by atoms with Crippen LogP contribution in [0.5, 0.6) is 0 Å². The molecule has 1 aliphatic rings. The van der Waals surface area contributed by atoms with Crippen molar-refractivity contribution in [1.29, 1.82) is 0 Å². The third-order valence-electron chi connectivity index (χ3n) is 2.74. The summed E-state index contributed by atoms with van der Waals surface area (Å²) in [6.45, 7) is 2.18. The minimum absolute atomic E-state index is 0.536. The Balaban J connectivity index is 1.99. The van der Waals surface area contributed by atoms with E-state index in [9.17, 15) is 0 Å². The molecule has 0 amide bonds. The molecule has 4 nitrogen and oxygen atoms in total. The van der Waals surface area contributed by atoms with Crippen LogP contribution in [0.4, 0.5) is 0 Å².